The van der Waals surface area contributed by atoms with Gasteiger partial charge in [0.25, 0.3) is 0 Å². The number of piperidine rings is 1. The van der Waals surface area contributed by atoms with E-state index in [0.717, 1.165) is 21.1 Å². The van der Waals surface area contributed by atoms with Gasteiger partial charge in [0.2, 0.25) is 0 Å². The summed E-state index contributed by atoms with van der Waals surface area (Å²) in [5.74, 6) is 0. The molecule has 0 aliphatic carbocycles. The number of benzene rings is 1. The molecule has 2 heterocycles. The third-order valence-corrected chi connectivity index (χ3v) is 5.13. The number of hydrogen-bond donors (Lipinski definition) is 2. The van der Waals surface area contributed by atoms with Crippen LogP contribution in [0.25, 0.3) is 10.9 Å². The van der Waals surface area contributed by atoms with Crippen molar-refractivity contribution < 1.29 is 14.6 Å². The number of hydrogen-bond acceptors (Lipinski definition) is 5. The van der Waals surface area contributed by atoms with Crippen molar-refractivity contribution in [1.29, 1.82) is 0 Å². The predicted molar refractivity (Wildman–Crippen MR) is 110 cm³/mol. The van der Waals surface area contributed by atoms with Crippen molar-refractivity contribution in [2.45, 2.75) is 44.9 Å². The van der Waals surface area contributed by atoms with Crippen molar-refractivity contribution in [3.63, 3.8) is 0 Å². The monoisotopic (exact) mass is 455 g/mol. The molecule has 0 bridgehead atoms. The Morgan fingerprint density at radius 3 is 2.85 bits per heavy atom. The van der Waals surface area contributed by atoms with E-state index in [1.807, 2.05) is 23.1 Å². The van der Waals surface area contributed by atoms with Crippen LogP contribution in [0.1, 0.15) is 27.2 Å². The lowest BCUT2D eigenvalue weighted by atomic mass is 10.0. The van der Waals surface area contributed by atoms with E-state index in [0.29, 0.717) is 24.5 Å². The van der Waals surface area contributed by atoms with E-state index >= 15 is 0 Å². The molecule has 1 aliphatic rings. The number of β-amino-alcohol motifs (C(OH)–C–C–N with tert-alkyl or cyclic N) is 1. The van der Waals surface area contributed by atoms with E-state index in [1.165, 1.54) is 0 Å². The number of amides is 1. The zero-order chi connectivity index (χ0) is 19.8. The molecule has 2 atom stereocenters. The second-order valence-corrected chi connectivity index (χ2v) is 8.99. The molecule has 8 heteroatoms. The maximum atomic E-state index is 12.0. The first-order valence-corrected chi connectivity index (χ1v) is 9.97. The lowest BCUT2D eigenvalue weighted by Crippen LogP contribution is -2.55. The minimum Gasteiger partial charge on any atom is -0.444 e. The molecular weight excluding hydrogens is 434 g/mol. The molecule has 146 valence electrons. The molecule has 6 nitrogen and oxygen atoms in total. The predicted octanol–water partition coefficient (Wildman–Crippen LogP) is 4.12. The molecule has 27 heavy (non-hydrogen) atoms. The molecule has 1 aromatic carbocycles. The van der Waals surface area contributed by atoms with Crippen molar-refractivity contribution in [3.05, 3.63) is 33.9 Å². The van der Waals surface area contributed by atoms with Crippen LogP contribution in [0.15, 0.2) is 28.9 Å². The number of ether oxygens (including phenoxy) is 1. The molecule has 1 amide bonds. The number of aromatic nitrogens is 1. The average Bonchev–Trinajstić information content (AvgIpc) is 2.55. The van der Waals surface area contributed by atoms with E-state index in [1.54, 1.807) is 27.0 Å². The molecule has 1 aliphatic heterocycles. The van der Waals surface area contributed by atoms with Crippen LogP contribution in [-0.2, 0) is 4.74 Å². The summed E-state index contributed by atoms with van der Waals surface area (Å²) in [6.07, 6.45) is 0.952. The molecule has 0 unspecified atom stereocenters. The van der Waals surface area contributed by atoms with Crippen LogP contribution < -0.4 is 10.2 Å². The Hall–Kier alpha value is -1.57. The first kappa shape index (κ1) is 20.2. The van der Waals surface area contributed by atoms with Crippen molar-refractivity contribution in [3.8, 4) is 0 Å². The van der Waals surface area contributed by atoms with E-state index in [-0.39, 0.29) is 6.04 Å². The summed E-state index contributed by atoms with van der Waals surface area (Å²) >= 11 is 9.93. The SMILES string of the molecule is CC(C)(C)OC(=O)N[C@@H]1CCN(c2c(Cl)cnc3ccc(Br)cc23)C[C@H]1O. The number of anilines is 1. The van der Waals surface area contributed by atoms with E-state index in [4.69, 9.17) is 16.3 Å². The van der Waals surface area contributed by atoms with Crippen LogP contribution in [0.3, 0.4) is 0 Å². The largest absolute Gasteiger partial charge is 0.444 e. The second kappa shape index (κ2) is 7.81. The second-order valence-electron chi connectivity index (χ2n) is 7.67. The van der Waals surface area contributed by atoms with Gasteiger partial charge in [-0.15, -0.1) is 0 Å². The first-order valence-electron chi connectivity index (χ1n) is 8.80. The zero-order valence-electron chi connectivity index (χ0n) is 15.5. The fraction of sp³-hybridized carbons (Fsp3) is 0.474. The van der Waals surface area contributed by atoms with Gasteiger partial charge >= 0.3 is 6.09 Å². The third kappa shape index (κ3) is 4.83. The normalized spacial score (nSPS) is 20.6. The summed E-state index contributed by atoms with van der Waals surface area (Å²) in [5, 5.41) is 14.8. The van der Waals surface area contributed by atoms with Gasteiger partial charge in [-0.05, 0) is 45.4 Å². The number of aliphatic hydroxyl groups excluding tert-OH is 1. The summed E-state index contributed by atoms with van der Waals surface area (Å²) in [4.78, 5) is 18.4. The molecule has 2 aromatic rings. The highest BCUT2D eigenvalue weighted by atomic mass is 79.9. The van der Waals surface area contributed by atoms with E-state index in [2.05, 4.69) is 26.2 Å². The summed E-state index contributed by atoms with van der Waals surface area (Å²) in [7, 11) is 0. The smallest absolute Gasteiger partial charge is 0.407 e. The minimum atomic E-state index is -0.738. The Balaban J connectivity index is 1.77. The number of alkyl carbamates (subject to hydrolysis) is 1. The van der Waals surface area contributed by atoms with Gasteiger partial charge in [0.1, 0.15) is 5.60 Å². The fourth-order valence-corrected chi connectivity index (χ4v) is 3.84. The average molecular weight is 457 g/mol. The van der Waals surface area contributed by atoms with Gasteiger partial charge < -0.3 is 20.1 Å². The lowest BCUT2D eigenvalue weighted by Gasteiger charge is -2.38. The van der Waals surface area contributed by atoms with Crippen molar-refractivity contribution in [1.82, 2.24) is 10.3 Å². The maximum Gasteiger partial charge on any atom is 0.407 e. The molecular formula is C19H23BrClN3O3. The van der Waals surface area contributed by atoms with Crippen LogP contribution in [-0.4, -0.2) is 47.0 Å². The van der Waals surface area contributed by atoms with Gasteiger partial charge in [-0.25, -0.2) is 4.79 Å². The van der Waals surface area contributed by atoms with Crippen molar-refractivity contribution in [2.75, 3.05) is 18.0 Å². The van der Waals surface area contributed by atoms with Crippen LogP contribution in [0.5, 0.6) is 0 Å². The molecule has 1 fully saturated rings. The standard InChI is InChI=1S/C19H23BrClN3O3/c1-19(2,3)27-18(26)23-15-6-7-24(10-16(15)25)17-12-8-11(20)4-5-14(12)22-9-13(17)21/h4-5,8-9,15-16,25H,6-7,10H2,1-3H3,(H,23,26)/t15-,16-/m1/s1. The minimum absolute atomic E-state index is 0.353. The molecule has 1 saturated heterocycles. The molecule has 2 N–H and O–H groups in total. The van der Waals surface area contributed by atoms with Crippen molar-refractivity contribution >= 4 is 50.2 Å². The summed E-state index contributed by atoms with van der Waals surface area (Å²) in [6.45, 7) is 6.41. The Kier molecular flexibility index (Phi) is 5.84. The highest BCUT2D eigenvalue weighted by Crippen LogP contribution is 2.36. The Labute approximate surface area is 172 Å². The summed E-state index contributed by atoms with van der Waals surface area (Å²) < 4.78 is 6.21. The Morgan fingerprint density at radius 2 is 2.19 bits per heavy atom. The van der Waals surface area contributed by atoms with Gasteiger partial charge in [-0.2, -0.15) is 0 Å². The highest BCUT2D eigenvalue weighted by molar-refractivity contribution is 9.10. The van der Waals surface area contributed by atoms with Crippen LogP contribution in [0.2, 0.25) is 5.02 Å². The number of nitrogens with zero attached hydrogens (tertiary/aromatic N) is 2. The number of carbonyl (C=O) groups is 1. The number of pyridine rings is 1. The topological polar surface area (TPSA) is 74.7 Å². The first-order chi connectivity index (χ1) is 12.6. The fourth-order valence-electron chi connectivity index (χ4n) is 3.21. The van der Waals surface area contributed by atoms with E-state index < -0.39 is 17.8 Å². The van der Waals surface area contributed by atoms with Gasteiger partial charge in [0.05, 0.1) is 28.4 Å². The quantitative estimate of drug-likeness (QED) is 0.711. The van der Waals surface area contributed by atoms with Crippen LogP contribution >= 0.6 is 27.5 Å². The van der Waals surface area contributed by atoms with Crippen LogP contribution in [0.4, 0.5) is 10.5 Å². The Morgan fingerprint density at radius 1 is 1.44 bits per heavy atom. The van der Waals surface area contributed by atoms with Gasteiger partial charge in [0.15, 0.2) is 0 Å². The van der Waals surface area contributed by atoms with Gasteiger partial charge in [0, 0.05) is 29.1 Å². The lowest BCUT2D eigenvalue weighted by molar-refractivity contribution is 0.0402. The molecule has 0 saturated carbocycles. The number of nitrogens with one attached hydrogen (secondary N) is 1. The highest BCUT2D eigenvalue weighted by Gasteiger charge is 2.31. The summed E-state index contributed by atoms with van der Waals surface area (Å²) in [5.41, 5.74) is 1.10. The molecule has 3 rings (SSSR count). The Bertz CT molecular complexity index is 851. The molecule has 0 spiro atoms. The zero-order valence-corrected chi connectivity index (χ0v) is 17.8. The van der Waals surface area contributed by atoms with Gasteiger partial charge in [-0.3, -0.25) is 4.98 Å². The number of halogens is 2. The molecule has 0 radical (unpaired) electrons. The number of carbonyl (C=O) groups excluding carboxylic acids is 1. The van der Waals surface area contributed by atoms with Crippen LogP contribution in [0, 0.1) is 0 Å². The maximum absolute atomic E-state index is 12.0. The third-order valence-electron chi connectivity index (χ3n) is 4.36. The number of aliphatic hydroxyl groups is 1. The van der Waals surface area contributed by atoms with Gasteiger partial charge in [-0.1, -0.05) is 27.5 Å². The molecule has 1 aromatic heterocycles. The number of rotatable bonds is 2. The van der Waals surface area contributed by atoms with E-state index in [9.17, 15) is 9.90 Å². The number of fused-ring (bicyclic) bond motifs is 1. The van der Waals surface area contributed by atoms with Crippen molar-refractivity contribution in [2.24, 2.45) is 0 Å². The summed E-state index contributed by atoms with van der Waals surface area (Å²) in [6, 6.07) is 5.46.